The Balaban J connectivity index is 2.78. The molecule has 0 aliphatic heterocycles. The van der Waals surface area contributed by atoms with Crippen molar-refractivity contribution < 1.29 is 14.4 Å². The summed E-state index contributed by atoms with van der Waals surface area (Å²) in [4.78, 5) is 36.1. The Morgan fingerprint density at radius 2 is 1.80 bits per heavy atom. The van der Waals surface area contributed by atoms with E-state index in [9.17, 15) is 14.4 Å². The van der Waals surface area contributed by atoms with Crippen LogP contribution in [0.2, 0.25) is 0 Å². The average molecular weight is 346 g/mol. The van der Waals surface area contributed by atoms with Crippen molar-refractivity contribution in [2.45, 2.75) is 39.2 Å². The summed E-state index contributed by atoms with van der Waals surface area (Å²) in [7, 11) is 0. The first-order valence-corrected chi connectivity index (χ1v) is 8.08. The number of nitrogens with two attached hydrogens (primary N) is 2. The molecule has 136 valence electrons. The predicted octanol–water partition coefficient (Wildman–Crippen LogP) is 0.552. The molecule has 0 saturated heterocycles. The van der Waals surface area contributed by atoms with E-state index in [2.05, 4.69) is 10.6 Å². The molecule has 6 N–H and O–H groups in total. The van der Waals surface area contributed by atoms with Gasteiger partial charge in [-0.1, -0.05) is 44.2 Å². The molecule has 0 radical (unpaired) electrons. The minimum absolute atomic E-state index is 0.213. The molecule has 1 aromatic carbocycles. The van der Waals surface area contributed by atoms with E-state index in [1.165, 1.54) is 0 Å². The highest BCUT2D eigenvalue weighted by molar-refractivity contribution is 6.00. The summed E-state index contributed by atoms with van der Waals surface area (Å²) >= 11 is 0. The van der Waals surface area contributed by atoms with Crippen LogP contribution in [-0.4, -0.2) is 23.3 Å². The molecule has 0 aliphatic carbocycles. The van der Waals surface area contributed by atoms with Crippen molar-refractivity contribution in [1.29, 1.82) is 0 Å². The van der Waals surface area contributed by atoms with Crippen LogP contribution in [-0.2, 0) is 20.8 Å². The van der Waals surface area contributed by atoms with Gasteiger partial charge in [0.05, 0.1) is 0 Å². The van der Waals surface area contributed by atoms with Crippen LogP contribution in [0.3, 0.4) is 0 Å². The Kier molecular flexibility index (Phi) is 7.17. The van der Waals surface area contributed by atoms with E-state index < -0.39 is 17.4 Å². The number of amides is 3. The van der Waals surface area contributed by atoms with E-state index in [0.717, 1.165) is 11.8 Å². The smallest absolute Gasteiger partial charge is 0.266 e. The largest absolute Gasteiger partial charge is 0.403 e. The Hall–Kier alpha value is -2.83. The summed E-state index contributed by atoms with van der Waals surface area (Å²) in [6.45, 7) is 5.20. The van der Waals surface area contributed by atoms with Crippen LogP contribution in [0.15, 0.2) is 42.2 Å². The molecule has 25 heavy (non-hydrogen) atoms. The lowest BCUT2D eigenvalue weighted by Crippen LogP contribution is -2.60. The normalized spacial score (nSPS) is 13.8. The third-order valence-corrected chi connectivity index (χ3v) is 4.19. The summed E-state index contributed by atoms with van der Waals surface area (Å²) in [5.74, 6) is -1.88. The van der Waals surface area contributed by atoms with Crippen LogP contribution >= 0.6 is 0 Å². The van der Waals surface area contributed by atoms with E-state index in [4.69, 9.17) is 11.5 Å². The third-order valence-electron chi connectivity index (χ3n) is 4.19. The van der Waals surface area contributed by atoms with Gasteiger partial charge < -0.3 is 22.1 Å². The van der Waals surface area contributed by atoms with Crippen LogP contribution in [0.5, 0.6) is 0 Å². The first-order chi connectivity index (χ1) is 11.7. The maximum atomic E-state index is 12.6. The Bertz CT molecular complexity index is 656. The molecule has 0 heterocycles. The summed E-state index contributed by atoms with van der Waals surface area (Å²) in [5.41, 5.74) is 10.0. The number of rotatable bonds is 8. The quantitative estimate of drug-likeness (QED) is 0.513. The van der Waals surface area contributed by atoms with Crippen LogP contribution in [0.25, 0.3) is 0 Å². The number of nitrogens with one attached hydrogen (secondary N) is 2. The molecule has 0 aromatic heterocycles. The van der Waals surface area contributed by atoms with Gasteiger partial charge in [0.25, 0.3) is 5.91 Å². The average Bonchev–Trinajstić information content (AvgIpc) is 2.57. The first kappa shape index (κ1) is 20.2. The van der Waals surface area contributed by atoms with Gasteiger partial charge in [0.15, 0.2) is 0 Å². The molecule has 0 aliphatic rings. The second-order valence-corrected chi connectivity index (χ2v) is 6.29. The second kappa shape index (κ2) is 8.86. The van der Waals surface area contributed by atoms with Crippen molar-refractivity contribution in [2.75, 3.05) is 0 Å². The van der Waals surface area contributed by atoms with Crippen LogP contribution < -0.4 is 22.1 Å². The van der Waals surface area contributed by atoms with Crippen LogP contribution in [0.1, 0.15) is 32.8 Å². The summed E-state index contributed by atoms with van der Waals surface area (Å²) in [6.07, 6.45) is 1.74. The van der Waals surface area contributed by atoms with Crippen molar-refractivity contribution >= 4 is 17.7 Å². The molecule has 0 unspecified atom stereocenters. The van der Waals surface area contributed by atoms with Gasteiger partial charge in [0, 0.05) is 12.6 Å². The molecule has 7 nitrogen and oxygen atoms in total. The maximum Gasteiger partial charge on any atom is 0.266 e. The second-order valence-electron chi connectivity index (χ2n) is 6.29. The van der Waals surface area contributed by atoms with E-state index in [1.54, 1.807) is 20.8 Å². The first-order valence-electron chi connectivity index (χ1n) is 8.08. The lowest BCUT2D eigenvalue weighted by Gasteiger charge is -2.33. The van der Waals surface area contributed by atoms with Crippen molar-refractivity contribution in [3.05, 3.63) is 47.8 Å². The Morgan fingerprint density at radius 1 is 1.20 bits per heavy atom. The molecule has 0 spiro atoms. The zero-order valence-corrected chi connectivity index (χ0v) is 14.8. The van der Waals surface area contributed by atoms with E-state index in [-0.39, 0.29) is 23.9 Å². The fourth-order valence-electron chi connectivity index (χ4n) is 2.16. The number of benzene rings is 1. The Morgan fingerprint density at radius 3 is 2.28 bits per heavy atom. The summed E-state index contributed by atoms with van der Waals surface area (Å²) in [5, 5.41) is 5.14. The summed E-state index contributed by atoms with van der Waals surface area (Å²) in [6, 6.07) is 9.59. The molecule has 1 rings (SSSR count). The third kappa shape index (κ3) is 5.63. The molecule has 3 amide bonds. The zero-order chi connectivity index (χ0) is 19.0. The lowest BCUT2D eigenvalue weighted by molar-refractivity contribution is -0.134. The van der Waals surface area contributed by atoms with Gasteiger partial charge in [-0.2, -0.15) is 0 Å². The molecular weight excluding hydrogens is 320 g/mol. The zero-order valence-electron chi connectivity index (χ0n) is 14.8. The van der Waals surface area contributed by atoms with Crippen molar-refractivity contribution in [2.24, 2.45) is 17.4 Å². The number of carbonyl (C=O) groups excluding carboxylic acids is 3. The number of carbonyl (C=O) groups is 3. The number of primary amides is 1. The highest BCUT2D eigenvalue weighted by Crippen LogP contribution is 2.18. The standard InChI is InChI=1S/C18H26N4O3/c1-12(2)18(3,17(25)21-14(11-19)16(20)24)22-15(23)10-9-13-7-5-4-6-8-13/h4-8,11-12H,9-10,19H2,1-3H3,(H2,20,24)(H,21,25)(H,22,23)/t18-/m0/s1. The van der Waals surface area contributed by atoms with Gasteiger partial charge in [0.2, 0.25) is 11.8 Å². The fourth-order valence-corrected chi connectivity index (χ4v) is 2.16. The van der Waals surface area contributed by atoms with Crippen LogP contribution in [0, 0.1) is 5.92 Å². The summed E-state index contributed by atoms with van der Waals surface area (Å²) < 4.78 is 0. The topological polar surface area (TPSA) is 127 Å². The SMILES string of the molecule is CC(C)[C@](C)(NC(=O)CCc1ccccc1)C(=O)NC(=CN)C(N)=O. The fraction of sp³-hybridized carbons (Fsp3) is 0.389. The number of hydrogen-bond donors (Lipinski definition) is 4. The minimum atomic E-state index is -1.21. The van der Waals surface area contributed by atoms with E-state index >= 15 is 0 Å². The highest BCUT2D eigenvalue weighted by Gasteiger charge is 2.38. The van der Waals surface area contributed by atoms with Gasteiger partial charge in [-0.3, -0.25) is 14.4 Å². The number of aryl methyl sites for hydroxylation is 1. The molecular formula is C18H26N4O3. The van der Waals surface area contributed by atoms with E-state index in [1.807, 2.05) is 30.3 Å². The minimum Gasteiger partial charge on any atom is -0.403 e. The van der Waals surface area contributed by atoms with Gasteiger partial charge in [0.1, 0.15) is 11.2 Å². The van der Waals surface area contributed by atoms with Gasteiger partial charge in [-0.15, -0.1) is 0 Å². The van der Waals surface area contributed by atoms with Crippen molar-refractivity contribution in [3.8, 4) is 0 Å². The van der Waals surface area contributed by atoms with Crippen molar-refractivity contribution in [3.63, 3.8) is 0 Å². The molecule has 1 aromatic rings. The van der Waals surface area contributed by atoms with Crippen molar-refractivity contribution in [1.82, 2.24) is 10.6 Å². The molecule has 1 atom stereocenters. The van der Waals surface area contributed by atoms with E-state index in [0.29, 0.717) is 6.42 Å². The van der Waals surface area contributed by atoms with Gasteiger partial charge in [-0.05, 0) is 24.8 Å². The Labute approximate surface area is 147 Å². The molecule has 7 heteroatoms. The van der Waals surface area contributed by atoms with Gasteiger partial charge in [-0.25, -0.2) is 0 Å². The lowest BCUT2D eigenvalue weighted by atomic mass is 9.87. The maximum absolute atomic E-state index is 12.6. The molecule has 0 bridgehead atoms. The highest BCUT2D eigenvalue weighted by atomic mass is 16.2. The predicted molar refractivity (Wildman–Crippen MR) is 95.8 cm³/mol. The number of hydrogen-bond acceptors (Lipinski definition) is 4. The van der Waals surface area contributed by atoms with Gasteiger partial charge >= 0.3 is 0 Å². The molecule has 0 fully saturated rings. The monoisotopic (exact) mass is 346 g/mol. The van der Waals surface area contributed by atoms with Crippen LogP contribution in [0.4, 0.5) is 0 Å². The molecule has 0 saturated carbocycles.